The SMILES string of the molecule is Nc1cccc(F)c1C(=O)OCC1CCCCC1. The van der Waals surface area contributed by atoms with Crippen LogP contribution >= 0.6 is 0 Å². The largest absolute Gasteiger partial charge is 0.462 e. The van der Waals surface area contributed by atoms with Gasteiger partial charge in [-0.05, 0) is 30.9 Å². The van der Waals surface area contributed by atoms with Gasteiger partial charge in [0.05, 0.1) is 6.61 Å². The molecule has 0 saturated heterocycles. The van der Waals surface area contributed by atoms with Crippen LogP contribution in [0.4, 0.5) is 10.1 Å². The van der Waals surface area contributed by atoms with Crippen molar-refractivity contribution in [3.63, 3.8) is 0 Å². The van der Waals surface area contributed by atoms with Crippen molar-refractivity contribution in [2.24, 2.45) is 5.92 Å². The smallest absolute Gasteiger partial charge is 0.343 e. The van der Waals surface area contributed by atoms with Crippen molar-refractivity contribution in [1.82, 2.24) is 0 Å². The molecule has 0 bridgehead atoms. The molecule has 1 aromatic carbocycles. The minimum Gasteiger partial charge on any atom is -0.462 e. The maximum absolute atomic E-state index is 13.5. The number of benzene rings is 1. The van der Waals surface area contributed by atoms with Gasteiger partial charge in [0, 0.05) is 5.69 Å². The lowest BCUT2D eigenvalue weighted by Crippen LogP contribution is -2.18. The minimum atomic E-state index is -0.656. The van der Waals surface area contributed by atoms with Crippen LogP contribution in [0.1, 0.15) is 42.5 Å². The zero-order valence-corrected chi connectivity index (χ0v) is 10.3. The first-order valence-electron chi connectivity index (χ1n) is 6.39. The van der Waals surface area contributed by atoms with Crippen LogP contribution < -0.4 is 5.73 Å². The highest BCUT2D eigenvalue weighted by molar-refractivity contribution is 5.95. The van der Waals surface area contributed by atoms with Gasteiger partial charge in [-0.15, -0.1) is 0 Å². The normalized spacial score (nSPS) is 16.5. The minimum absolute atomic E-state index is 0.128. The second-order valence-corrected chi connectivity index (χ2v) is 4.81. The summed E-state index contributed by atoms with van der Waals surface area (Å²) in [6.07, 6.45) is 5.79. The van der Waals surface area contributed by atoms with Gasteiger partial charge in [-0.1, -0.05) is 25.3 Å². The van der Waals surface area contributed by atoms with Crippen LogP contribution in [0.25, 0.3) is 0 Å². The van der Waals surface area contributed by atoms with Crippen molar-refractivity contribution in [1.29, 1.82) is 0 Å². The lowest BCUT2D eigenvalue weighted by Gasteiger charge is -2.21. The zero-order chi connectivity index (χ0) is 13.0. The molecule has 1 aliphatic rings. The fraction of sp³-hybridized carbons (Fsp3) is 0.500. The molecule has 0 heterocycles. The van der Waals surface area contributed by atoms with Crippen LogP contribution in [0.2, 0.25) is 0 Å². The Kier molecular flexibility index (Phi) is 4.18. The molecule has 0 spiro atoms. The van der Waals surface area contributed by atoms with Crippen molar-refractivity contribution in [3.8, 4) is 0 Å². The van der Waals surface area contributed by atoms with E-state index in [1.807, 2.05) is 0 Å². The van der Waals surface area contributed by atoms with Crippen LogP contribution in [-0.2, 0) is 4.74 Å². The molecule has 2 N–H and O–H groups in total. The third kappa shape index (κ3) is 3.00. The molecule has 1 saturated carbocycles. The van der Waals surface area contributed by atoms with Gasteiger partial charge in [0.25, 0.3) is 0 Å². The van der Waals surface area contributed by atoms with Gasteiger partial charge in [-0.3, -0.25) is 0 Å². The summed E-state index contributed by atoms with van der Waals surface area (Å²) >= 11 is 0. The first kappa shape index (κ1) is 12.9. The summed E-state index contributed by atoms with van der Waals surface area (Å²) in [6, 6.07) is 4.19. The molecular formula is C14H18FNO2. The monoisotopic (exact) mass is 251 g/mol. The number of halogens is 1. The lowest BCUT2D eigenvalue weighted by atomic mass is 9.90. The number of rotatable bonds is 3. The topological polar surface area (TPSA) is 52.3 Å². The van der Waals surface area contributed by atoms with Gasteiger partial charge in [-0.25, -0.2) is 9.18 Å². The van der Waals surface area contributed by atoms with E-state index in [1.165, 1.54) is 37.5 Å². The second kappa shape index (κ2) is 5.85. The van der Waals surface area contributed by atoms with E-state index < -0.39 is 11.8 Å². The van der Waals surface area contributed by atoms with E-state index in [9.17, 15) is 9.18 Å². The molecular weight excluding hydrogens is 233 g/mol. The Morgan fingerprint density at radius 1 is 1.33 bits per heavy atom. The van der Waals surface area contributed by atoms with E-state index in [0.717, 1.165) is 12.8 Å². The molecule has 0 unspecified atom stereocenters. The third-order valence-corrected chi connectivity index (χ3v) is 3.42. The summed E-state index contributed by atoms with van der Waals surface area (Å²) < 4.78 is 18.7. The average molecular weight is 251 g/mol. The van der Waals surface area contributed by atoms with E-state index in [2.05, 4.69) is 0 Å². The first-order valence-corrected chi connectivity index (χ1v) is 6.39. The highest BCUT2D eigenvalue weighted by atomic mass is 19.1. The molecule has 98 valence electrons. The van der Waals surface area contributed by atoms with E-state index in [-0.39, 0.29) is 11.3 Å². The van der Waals surface area contributed by atoms with Crippen molar-refractivity contribution in [2.45, 2.75) is 32.1 Å². The maximum atomic E-state index is 13.5. The molecule has 4 heteroatoms. The fourth-order valence-corrected chi connectivity index (χ4v) is 2.38. The van der Waals surface area contributed by atoms with E-state index >= 15 is 0 Å². The molecule has 0 aliphatic heterocycles. The number of carbonyl (C=O) groups is 1. The van der Waals surface area contributed by atoms with Crippen molar-refractivity contribution in [2.75, 3.05) is 12.3 Å². The second-order valence-electron chi connectivity index (χ2n) is 4.81. The van der Waals surface area contributed by atoms with Crippen LogP contribution in [0.5, 0.6) is 0 Å². The summed E-state index contributed by atoms with van der Waals surface area (Å²) in [4.78, 5) is 11.8. The summed E-state index contributed by atoms with van der Waals surface area (Å²) in [5.74, 6) is -0.865. The van der Waals surface area contributed by atoms with Crippen molar-refractivity contribution in [3.05, 3.63) is 29.6 Å². The Hall–Kier alpha value is -1.58. The highest BCUT2D eigenvalue weighted by Crippen LogP contribution is 2.24. The molecule has 1 aliphatic carbocycles. The molecule has 0 atom stereocenters. The Balaban J connectivity index is 1.95. The predicted octanol–water partition coefficient (Wildman–Crippen LogP) is 3.15. The first-order chi connectivity index (χ1) is 8.68. The molecule has 0 aromatic heterocycles. The summed E-state index contributed by atoms with van der Waals surface area (Å²) in [5, 5.41) is 0. The van der Waals surface area contributed by atoms with Gasteiger partial charge < -0.3 is 10.5 Å². The quantitative estimate of drug-likeness (QED) is 0.663. The standard InChI is InChI=1S/C14H18FNO2/c15-11-7-4-8-12(16)13(11)14(17)18-9-10-5-2-1-3-6-10/h4,7-8,10H,1-3,5-6,9,16H2. The number of nitrogens with two attached hydrogens (primary N) is 1. The number of carbonyl (C=O) groups excluding carboxylic acids is 1. The molecule has 18 heavy (non-hydrogen) atoms. The number of ether oxygens (including phenoxy) is 1. The van der Waals surface area contributed by atoms with Gasteiger partial charge >= 0.3 is 5.97 Å². The number of nitrogen functional groups attached to an aromatic ring is 1. The maximum Gasteiger partial charge on any atom is 0.343 e. The molecule has 1 fully saturated rings. The molecule has 1 aromatic rings. The molecule has 0 amide bonds. The molecule has 2 rings (SSSR count). The Bertz CT molecular complexity index is 408. The summed E-state index contributed by atoms with van der Waals surface area (Å²) in [6.45, 7) is 0.368. The number of hydrogen-bond acceptors (Lipinski definition) is 3. The van der Waals surface area contributed by atoms with Gasteiger partial charge in [0.15, 0.2) is 0 Å². The Labute approximate surface area is 106 Å². The predicted molar refractivity (Wildman–Crippen MR) is 67.7 cm³/mol. The summed E-state index contributed by atoms with van der Waals surface area (Å²) in [7, 11) is 0. The van der Waals surface area contributed by atoms with Crippen LogP contribution in [-0.4, -0.2) is 12.6 Å². The number of anilines is 1. The van der Waals surface area contributed by atoms with Crippen molar-refractivity contribution >= 4 is 11.7 Å². The average Bonchev–Trinajstić information content (AvgIpc) is 2.37. The fourth-order valence-electron chi connectivity index (χ4n) is 2.38. The van der Waals surface area contributed by atoms with Crippen molar-refractivity contribution < 1.29 is 13.9 Å². The van der Waals surface area contributed by atoms with Gasteiger partial charge in [0.1, 0.15) is 11.4 Å². The van der Waals surface area contributed by atoms with Crippen LogP contribution in [0.3, 0.4) is 0 Å². The summed E-state index contributed by atoms with van der Waals surface area (Å²) in [5.41, 5.74) is 5.57. The number of hydrogen-bond donors (Lipinski definition) is 1. The van der Waals surface area contributed by atoms with Gasteiger partial charge in [0.2, 0.25) is 0 Å². The zero-order valence-electron chi connectivity index (χ0n) is 10.3. The highest BCUT2D eigenvalue weighted by Gasteiger charge is 2.19. The van der Waals surface area contributed by atoms with Crippen LogP contribution in [0, 0.1) is 11.7 Å². The van der Waals surface area contributed by atoms with Gasteiger partial charge in [-0.2, -0.15) is 0 Å². The van der Waals surface area contributed by atoms with E-state index in [0.29, 0.717) is 12.5 Å². The van der Waals surface area contributed by atoms with Crippen LogP contribution in [0.15, 0.2) is 18.2 Å². The molecule has 0 radical (unpaired) electrons. The Morgan fingerprint density at radius 2 is 2.06 bits per heavy atom. The van der Waals surface area contributed by atoms with E-state index in [4.69, 9.17) is 10.5 Å². The van der Waals surface area contributed by atoms with E-state index in [1.54, 1.807) is 0 Å². The molecule has 3 nitrogen and oxygen atoms in total. The Morgan fingerprint density at radius 3 is 2.72 bits per heavy atom. The lowest BCUT2D eigenvalue weighted by molar-refractivity contribution is 0.0406. The number of esters is 1. The third-order valence-electron chi connectivity index (χ3n) is 3.42.